The topological polar surface area (TPSA) is 120 Å². The third-order valence-corrected chi connectivity index (χ3v) is 13.7. The first kappa shape index (κ1) is 37.7. The van der Waals surface area contributed by atoms with Gasteiger partial charge in [-0.15, -0.1) is 13.2 Å². The van der Waals surface area contributed by atoms with E-state index < -0.39 is 49.4 Å². The molecule has 0 spiro atoms. The first-order chi connectivity index (χ1) is 20.3. The number of unbranched alkanes of at least 4 members (excludes halogenated alkanes) is 3. The van der Waals surface area contributed by atoms with Crippen molar-refractivity contribution in [2.75, 3.05) is 6.61 Å². The van der Waals surface area contributed by atoms with E-state index in [9.17, 15) is 19.2 Å². The van der Waals surface area contributed by atoms with Crippen LogP contribution in [0.5, 0.6) is 0 Å². The average molecular weight is 635 g/mol. The summed E-state index contributed by atoms with van der Waals surface area (Å²) < 4.78 is 17.5. The fraction of sp³-hybridized carbons (Fsp3) is 0.765. The lowest BCUT2D eigenvalue weighted by molar-refractivity contribution is -0.150. The molecule has 0 aromatic carbocycles. The van der Waals surface area contributed by atoms with Gasteiger partial charge in [-0.2, -0.15) is 0 Å². The molecule has 10 heteroatoms. The molecule has 0 aliphatic heterocycles. The van der Waals surface area contributed by atoms with Crippen molar-refractivity contribution < 1.29 is 33.1 Å². The van der Waals surface area contributed by atoms with Crippen LogP contribution in [0.2, 0.25) is 18.1 Å². The largest absolute Gasteiger partial charge is 0.464 e. The number of carbonyl (C=O) groups is 4. The molecule has 2 amide bonds. The Labute approximate surface area is 266 Å². The SMILES string of the molecule is C=CCCCCC[C@H](NC(=O)OC(C)(C)C)C(=O)C1C[C@H](O[Si](C)(C)C(C)(C)C)C[C@H]1C(=O)N[C@]1(C(=O)OCC)C[C@H]1C=C. The lowest BCUT2D eigenvalue weighted by Gasteiger charge is -2.38. The lowest BCUT2D eigenvalue weighted by Crippen LogP contribution is -2.51. The van der Waals surface area contributed by atoms with Gasteiger partial charge in [-0.1, -0.05) is 45.8 Å². The van der Waals surface area contributed by atoms with Crippen LogP contribution >= 0.6 is 0 Å². The van der Waals surface area contributed by atoms with Gasteiger partial charge in [-0.25, -0.2) is 9.59 Å². The molecule has 6 atom stereocenters. The number of nitrogens with one attached hydrogen (secondary N) is 2. The molecule has 44 heavy (non-hydrogen) atoms. The quantitative estimate of drug-likeness (QED) is 0.0847. The predicted octanol–water partition coefficient (Wildman–Crippen LogP) is 6.63. The molecule has 250 valence electrons. The van der Waals surface area contributed by atoms with Gasteiger partial charge in [0, 0.05) is 17.9 Å². The minimum Gasteiger partial charge on any atom is -0.464 e. The summed E-state index contributed by atoms with van der Waals surface area (Å²) in [6.45, 7) is 25.6. The summed E-state index contributed by atoms with van der Waals surface area (Å²) in [5, 5.41) is 5.73. The van der Waals surface area contributed by atoms with Crippen LogP contribution < -0.4 is 10.6 Å². The van der Waals surface area contributed by atoms with E-state index >= 15 is 0 Å². The minimum absolute atomic E-state index is 0.0573. The van der Waals surface area contributed by atoms with Gasteiger partial charge in [0.05, 0.1) is 18.6 Å². The summed E-state index contributed by atoms with van der Waals surface area (Å²) in [5.41, 5.74) is -1.90. The summed E-state index contributed by atoms with van der Waals surface area (Å²) in [6.07, 6.45) is 7.53. The second-order valence-electron chi connectivity index (χ2n) is 14.9. The van der Waals surface area contributed by atoms with E-state index in [1.165, 1.54) is 0 Å². The Balaban J connectivity index is 2.38. The van der Waals surface area contributed by atoms with E-state index in [0.717, 1.165) is 25.7 Å². The van der Waals surface area contributed by atoms with E-state index in [0.29, 0.717) is 25.7 Å². The van der Waals surface area contributed by atoms with Crippen LogP contribution in [0, 0.1) is 17.8 Å². The maximum atomic E-state index is 14.3. The van der Waals surface area contributed by atoms with Gasteiger partial charge in [0.1, 0.15) is 11.1 Å². The molecule has 0 saturated heterocycles. The van der Waals surface area contributed by atoms with E-state index in [-0.39, 0.29) is 35.4 Å². The summed E-state index contributed by atoms with van der Waals surface area (Å²) in [7, 11) is -2.22. The maximum Gasteiger partial charge on any atom is 0.408 e. The Bertz CT molecular complexity index is 1060. The van der Waals surface area contributed by atoms with E-state index in [1.807, 2.05) is 6.08 Å². The first-order valence-corrected chi connectivity index (χ1v) is 19.2. The average Bonchev–Trinajstić information content (AvgIpc) is 3.45. The highest BCUT2D eigenvalue weighted by atomic mass is 28.4. The highest BCUT2D eigenvalue weighted by Crippen LogP contribution is 2.47. The summed E-state index contributed by atoms with van der Waals surface area (Å²) in [6, 6.07) is -0.818. The third kappa shape index (κ3) is 10.0. The van der Waals surface area contributed by atoms with Crippen LogP contribution in [0.1, 0.15) is 99.8 Å². The summed E-state index contributed by atoms with van der Waals surface area (Å²) in [4.78, 5) is 54.1. The molecule has 2 fully saturated rings. The molecule has 0 radical (unpaired) electrons. The predicted molar refractivity (Wildman–Crippen MR) is 176 cm³/mol. The van der Waals surface area contributed by atoms with Gasteiger partial charge < -0.3 is 24.5 Å². The minimum atomic E-state index is -2.22. The standard InChI is InChI=1S/C34H58N2O7Si/c1-12-15-16-17-18-19-27(35-31(40)42-32(4,5)6)28(37)25-20-24(43-44(10,11)33(7,8)9)21-26(25)29(38)36-34(22-23(34)13-2)30(39)41-14-3/h12-13,23-27H,1-2,14-22H2,3-11H3,(H,35,40)(H,36,38)/t23-,24+,25?,26-,27+,34-/m1/s1. The second kappa shape index (κ2) is 15.2. The Morgan fingerprint density at radius 3 is 2.16 bits per heavy atom. The number of Topliss-reactive ketones (excluding diaryl/α,β-unsaturated/α-hetero) is 1. The number of carbonyl (C=O) groups excluding carboxylic acids is 4. The molecule has 9 nitrogen and oxygen atoms in total. The van der Waals surface area contributed by atoms with Crippen molar-refractivity contribution in [3.63, 3.8) is 0 Å². The van der Waals surface area contributed by atoms with Gasteiger partial charge in [-0.05, 0) is 84.4 Å². The number of amides is 2. The van der Waals surface area contributed by atoms with Crippen molar-refractivity contribution >= 4 is 32.1 Å². The molecule has 2 N–H and O–H groups in total. The number of allylic oxidation sites excluding steroid dienone is 1. The Hall–Kier alpha value is -2.46. The molecule has 2 aliphatic carbocycles. The molecule has 0 aromatic rings. The number of rotatable bonds is 16. The fourth-order valence-corrected chi connectivity index (χ4v) is 7.05. The van der Waals surface area contributed by atoms with Gasteiger partial charge in [0.2, 0.25) is 5.91 Å². The van der Waals surface area contributed by atoms with Crippen LogP contribution in [-0.4, -0.2) is 62.0 Å². The van der Waals surface area contributed by atoms with E-state index in [1.54, 1.807) is 33.8 Å². The van der Waals surface area contributed by atoms with Gasteiger partial charge in [-0.3, -0.25) is 9.59 Å². The van der Waals surface area contributed by atoms with Crippen molar-refractivity contribution in [2.45, 2.75) is 141 Å². The number of alkyl carbamates (subject to hydrolysis) is 1. The summed E-state index contributed by atoms with van der Waals surface area (Å²) in [5.74, 6) is -2.72. The maximum absolute atomic E-state index is 14.3. The number of hydrogen-bond donors (Lipinski definition) is 2. The highest BCUT2D eigenvalue weighted by molar-refractivity contribution is 6.74. The van der Waals surface area contributed by atoms with Crippen LogP contribution in [0.15, 0.2) is 25.3 Å². The zero-order valence-electron chi connectivity index (χ0n) is 28.7. The number of ketones is 1. The molecule has 1 unspecified atom stereocenters. The van der Waals surface area contributed by atoms with Crippen molar-refractivity contribution in [3.8, 4) is 0 Å². The van der Waals surface area contributed by atoms with Gasteiger partial charge >= 0.3 is 12.1 Å². The molecule has 2 saturated carbocycles. The van der Waals surface area contributed by atoms with Crippen molar-refractivity contribution in [2.24, 2.45) is 17.8 Å². The number of ether oxygens (including phenoxy) is 2. The van der Waals surface area contributed by atoms with Crippen LogP contribution in [0.4, 0.5) is 4.79 Å². The normalized spacial score (nSPS) is 25.8. The fourth-order valence-electron chi connectivity index (χ4n) is 5.67. The van der Waals surface area contributed by atoms with Crippen molar-refractivity contribution in [3.05, 3.63) is 25.3 Å². The molecule has 2 aliphatic rings. The van der Waals surface area contributed by atoms with Crippen molar-refractivity contribution in [1.82, 2.24) is 10.6 Å². The van der Waals surface area contributed by atoms with Crippen LogP contribution in [-0.2, 0) is 28.3 Å². The Morgan fingerprint density at radius 1 is 1.00 bits per heavy atom. The number of esters is 1. The zero-order chi connectivity index (χ0) is 33.5. The molecule has 0 aromatic heterocycles. The number of hydrogen-bond acceptors (Lipinski definition) is 7. The molecular formula is C34H58N2O7Si. The molecular weight excluding hydrogens is 576 g/mol. The zero-order valence-corrected chi connectivity index (χ0v) is 29.7. The summed E-state index contributed by atoms with van der Waals surface area (Å²) >= 11 is 0. The lowest BCUT2D eigenvalue weighted by atomic mass is 9.85. The van der Waals surface area contributed by atoms with E-state index in [4.69, 9.17) is 13.9 Å². The highest BCUT2D eigenvalue weighted by Gasteiger charge is 2.62. The Morgan fingerprint density at radius 2 is 1.64 bits per heavy atom. The molecule has 0 heterocycles. The first-order valence-electron chi connectivity index (χ1n) is 16.3. The Kier molecular flexibility index (Phi) is 13.0. The van der Waals surface area contributed by atoms with Crippen LogP contribution in [0.3, 0.4) is 0 Å². The smallest absolute Gasteiger partial charge is 0.408 e. The second-order valence-corrected chi connectivity index (χ2v) is 19.7. The monoisotopic (exact) mass is 634 g/mol. The van der Waals surface area contributed by atoms with E-state index in [2.05, 4.69) is 57.7 Å². The van der Waals surface area contributed by atoms with Crippen LogP contribution in [0.25, 0.3) is 0 Å². The van der Waals surface area contributed by atoms with Gasteiger partial charge in [0.15, 0.2) is 14.1 Å². The molecule has 2 rings (SSSR count). The van der Waals surface area contributed by atoms with Crippen molar-refractivity contribution in [1.29, 1.82) is 0 Å². The molecule has 0 bridgehead atoms. The third-order valence-electron chi connectivity index (χ3n) is 9.21. The van der Waals surface area contributed by atoms with Gasteiger partial charge in [0.25, 0.3) is 0 Å².